The summed E-state index contributed by atoms with van der Waals surface area (Å²) in [5, 5.41) is 2.87. The highest BCUT2D eigenvalue weighted by Crippen LogP contribution is 2.10. The molecule has 2 unspecified atom stereocenters. The van der Waals surface area contributed by atoms with Gasteiger partial charge in [0, 0.05) is 5.92 Å². The highest BCUT2D eigenvalue weighted by molar-refractivity contribution is 5.91. The lowest BCUT2D eigenvalue weighted by Gasteiger charge is -2.21. The molecule has 0 aliphatic rings. The van der Waals surface area contributed by atoms with Gasteiger partial charge in [-0.3, -0.25) is 9.59 Å². The van der Waals surface area contributed by atoms with Gasteiger partial charge in [-0.15, -0.1) is 0 Å². The normalized spacial score (nSPS) is 14.0. The zero-order valence-corrected chi connectivity index (χ0v) is 14.3. The maximum atomic E-state index is 12.2. The van der Waals surface area contributed by atoms with E-state index in [1.165, 1.54) is 0 Å². The minimum absolute atomic E-state index is 0.0618. The third kappa shape index (κ3) is 8.86. The molecule has 0 bridgehead atoms. The third-order valence-electron chi connectivity index (χ3n) is 3.78. The second-order valence-corrected chi connectivity index (χ2v) is 6.22. The fraction of sp³-hybridized carbons (Fsp3) is 0.882. The van der Waals surface area contributed by atoms with Crippen molar-refractivity contribution in [2.24, 2.45) is 11.7 Å². The molecule has 0 saturated heterocycles. The molecule has 4 heteroatoms. The Balaban J connectivity index is 4.42. The minimum Gasteiger partial charge on any atom is -0.345 e. The number of nitrogens with one attached hydrogen (secondary N) is 1. The first-order valence-electron chi connectivity index (χ1n) is 8.53. The van der Waals surface area contributed by atoms with E-state index < -0.39 is 6.04 Å². The quantitative estimate of drug-likeness (QED) is 0.543. The molecule has 3 N–H and O–H groups in total. The molecule has 0 aromatic heterocycles. The van der Waals surface area contributed by atoms with Crippen molar-refractivity contribution in [3.63, 3.8) is 0 Å². The smallest absolute Gasteiger partial charge is 0.237 e. The summed E-state index contributed by atoms with van der Waals surface area (Å²) in [6.45, 7) is 8.00. The average molecular weight is 298 g/mol. The van der Waals surface area contributed by atoms with E-state index in [4.69, 9.17) is 5.73 Å². The number of nitrogens with two attached hydrogens (primary N) is 1. The predicted molar refractivity (Wildman–Crippen MR) is 88.0 cm³/mol. The van der Waals surface area contributed by atoms with Gasteiger partial charge in [-0.2, -0.15) is 0 Å². The molecule has 0 aliphatic heterocycles. The van der Waals surface area contributed by atoms with Crippen LogP contribution in [-0.4, -0.2) is 23.8 Å². The SMILES string of the molecule is CCCCCC(N)C(=O)NC(CCCCC)C(=O)C(C)C. The zero-order chi connectivity index (χ0) is 16.3. The van der Waals surface area contributed by atoms with Gasteiger partial charge in [-0.25, -0.2) is 0 Å². The Morgan fingerprint density at radius 3 is 1.95 bits per heavy atom. The van der Waals surface area contributed by atoms with Gasteiger partial charge in [-0.1, -0.05) is 66.2 Å². The summed E-state index contributed by atoms with van der Waals surface area (Å²) in [7, 11) is 0. The largest absolute Gasteiger partial charge is 0.345 e. The monoisotopic (exact) mass is 298 g/mol. The summed E-state index contributed by atoms with van der Waals surface area (Å²) in [5.74, 6) is -0.130. The summed E-state index contributed by atoms with van der Waals surface area (Å²) < 4.78 is 0. The van der Waals surface area contributed by atoms with Crippen molar-refractivity contribution in [1.29, 1.82) is 0 Å². The first-order valence-corrected chi connectivity index (χ1v) is 8.53. The van der Waals surface area contributed by atoms with Crippen molar-refractivity contribution in [1.82, 2.24) is 5.32 Å². The highest BCUT2D eigenvalue weighted by Gasteiger charge is 2.24. The van der Waals surface area contributed by atoms with Gasteiger partial charge in [-0.05, 0) is 12.8 Å². The molecule has 0 spiro atoms. The molecule has 0 aliphatic carbocycles. The molecular formula is C17H34N2O2. The van der Waals surface area contributed by atoms with Gasteiger partial charge in [0.1, 0.15) is 0 Å². The summed E-state index contributed by atoms with van der Waals surface area (Å²) in [4.78, 5) is 24.3. The van der Waals surface area contributed by atoms with Crippen molar-refractivity contribution in [3.8, 4) is 0 Å². The Hall–Kier alpha value is -0.900. The Kier molecular flexibility index (Phi) is 11.2. The topological polar surface area (TPSA) is 72.2 Å². The van der Waals surface area contributed by atoms with Gasteiger partial charge in [0.05, 0.1) is 12.1 Å². The van der Waals surface area contributed by atoms with Gasteiger partial charge >= 0.3 is 0 Å². The van der Waals surface area contributed by atoms with Gasteiger partial charge < -0.3 is 11.1 Å². The number of carbonyl (C=O) groups is 2. The lowest BCUT2D eigenvalue weighted by molar-refractivity contribution is -0.130. The molecule has 0 heterocycles. The van der Waals surface area contributed by atoms with Crippen LogP contribution in [0.3, 0.4) is 0 Å². The number of hydrogen-bond donors (Lipinski definition) is 2. The van der Waals surface area contributed by atoms with Crippen LogP contribution in [0.5, 0.6) is 0 Å². The average Bonchev–Trinajstić information content (AvgIpc) is 2.45. The second-order valence-electron chi connectivity index (χ2n) is 6.22. The van der Waals surface area contributed by atoms with Crippen molar-refractivity contribution >= 4 is 11.7 Å². The van der Waals surface area contributed by atoms with Gasteiger partial charge in [0.25, 0.3) is 0 Å². The number of Topliss-reactive ketones (excluding diaryl/α,β-unsaturated/α-hetero) is 1. The van der Waals surface area contributed by atoms with E-state index in [1.54, 1.807) is 0 Å². The molecule has 0 aromatic carbocycles. The van der Waals surface area contributed by atoms with Crippen molar-refractivity contribution in [2.45, 2.75) is 91.1 Å². The van der Waals surface area contributed by atoms with E-state index in [0.717, 1.165) is 44.9 Å². The lowest BCUT2D eigenvalue weighted by Crippen LogP contribution is -2.49. The van der Waals surface area contributed by atoms with E-state index in [-0.39, 0.29) is 23.7 Å². The van der Waals surface area contributed by atoms with Crippen LogP contribution in [0.25, 0.3) is 0 Å². The van der Waals surface area contributed by atoms with Crippen LogP contribution < -0.4 is 11.1 Å². The molecule has 0 fully saturated rings. The van der Waals surface area contributed by atoms with Crippen LogP contribution in [0, 0.1) is 5.92 Å². The van der Waals surface area contributed by atoms with E-state index in [9.17, 15) is 9.59 Å². The van der Waals surface area contributed by atoms with E-state index in [2.05, 4.69) is 19.2 Å². The van der Waals surface area contributed by atoms with E-state index in [1.807, 2.05) is 13.8 Å². The molecule has 0 rings (SSSR count). The van der Waals surface area contributed by atoms with Crippen LogP contribution >= 0.6 is 0 Å². The Morgan fingerprint density at radius 2 is 1.48 bits per heavy atom. The minimum atomic E-state index is -0.495. The second kappa shape index (κ2) is 11.7. The number of carbonyl (C=O) groups excluding carboxylic acids is 2. The third-order valence-corrected chi connectivity index (χ3v) is 3.78. The molecule has 4 nitrogen and oxygen atoms in total. The molecule has 0 saturated carbocycles. The molecule has 124 valence electrons. The standard InChI is InChI=1S/C17H34N2O2/c1-5-7-9-11-14(18)17(21)19-15(12-10-8-6-2)16(20)13(3)4/h13-15H,5-12,18H2,1-4H3,(H,19,21). The summed E-state index contributed by atoms with van der Waals surface area (Å²) in [6.07, 6.45) is 7.73. The van der Waals surface area contributed by atoms with Crippen molar-refractivity contribution in [3.05, 3.63) is 0 Å². The Morgan fingerprint density at radius 1 is 0.952 bits per heavy atom. The molecule has 0 aromatic rings. The molecule has 2 atom stereocenters. The van der Waals surface area contributed by atoms with Gasteiger partial charge in [0.2, 0.25) is 5.91 Å². The fourth-order valence-corrected chi connectivity index (χ4v) is 2.31. The molecular weight excluding hydrogens is 264 g/mol. The lowest BCUT2D eigenvalue weighted by atomic mass is 9.96. The molecule has 0 radical (unpaired) electrons. The number of rotatable bonds is 12. The summed E-state index contributed by atoms with van der Waals surface area (Å²) in [6, 6.07) is -0.869. The van der Waals surface area contributed by atoms with Gasteiger partial charge in [0.15, 0.2) is 5.78 Å². The fourth-order valence-electron chi connectivity index (χ4n) is 2.31. The first kappa shape index (κ1) is 20.1. The van der Waals surface area contributed by atoms with Crippen LogP contribution in [-0.2, 0) is 9.59 Å². The Labute approximate surface area is 130 Å². The number of amides is 1. The predicted octanol–water partition coefficient (Wildman–Crippen LogP) is 3.18. The molecule has 21 heavy (non-hydrogen) atoms. The van der Waals surface area contributed by atoms with Crippen LogP contribution in [0.15, 0.2) is 0 Å². The van der Waals surface area contributed by atoms with Crippen LogP contribution in [0.2, 0.25) is 0 Å². The number of ketones is 1. The maximum Gasteiger partial charge on any atom is 0.237 e. The summed E-state index contributed by atoms with van der Waals surface area (Å²) in [5.41, 5.74) is 5.91. The highest BCUT2D eigenvalue weighted by atomic mass is 16.2. The number of unbranched alkanes of at least 4 members (excludes halogenated alkanes) is 4. The van der Waals surface area contributed by atoms with Crippen molar-refractivity contribution in [2.75, 3.05) is 0 Å². The van der Waals surface area contributed by atoms with Crippen LogP contribution in [0.4, 0.5) is 0 Å². The number of hydrogen-bond acceptors (Lipinski definition) is 3. The van der Waals surface area contributed by atoms with Crippen molar-refractivity contribution < 1.29 is 9.59 Å². The van der Waals surface area contributed by atoms with Crippen LogP contribution in [0.1, 0.15) is 79.1 Å². The van der Waals surface area contributed by atoms with E-state index >= 15 is 0 Å². The zero-order valence-electron chi connectivity index (χ0n) is 14.3. The maximum absolute atomic E-state index is 12.2. The molecule has 1 amide bonds. The Bertz CT molecular complexity index is 303. The summed E-state index contributed by atoms with van der Waals surface area (Å²) >= 11 is 0. The first-order chi connectivity index (χ1) is 9.93. The van der Waals surface area contributed by atoms with E-state index in [0.29, 0.717) is 6.42 Å².